The summed E-state index contributed by atoms with van der Waals surface area (Å²) in [7, 11) is 0. The van der Waals surface area contributed by atoms with Crippen molar-refractivity contribution in [1.82, 2.24) is 9.88 Å². The van der Waals surface area contributed by atoms with Crippen LogP contribution in [0.15, 0.2) is 16.7 Å². The second kappa shape index (κ2) is 5.05. The average Bonchev–Trinajstić information content (AvgIpc) is 2.82. The lowest BCUT2D eigenvalue weighted by Gasteiger charge is -2.44. The summed E-state index contributed by atoms with van der Waals surface area (Å²) in [5.74, 6) is 0.489. The molecule has 0 radical (unpaired) electrons. The highest BCUT2D eigenvalue weighted by Gasteiger charge is 2.36. The molecule has 1 aromatic rings. The van der Waals surface area contributed by atoms with E-state index in [9.17, 15) is 10.1 Å². The van der Waals surface area contributed by atoms with Gasteiger partial charge in [-0.1, -0.05) is 0 Å². The number of likely N-dealkylation sites (tertiary alicyclic amines) is 1. The van der Waals surface area contributed by atoms with E-state index in [2.05, 4.69) is 25.8 Å². The number of anilines is 1. The van der Waals surface area contributed by atoms with E-state index in [1.54, 1.807) is 6.20 Å². The summed E-state index contributed by atoms with van der Waals surface area (Å²) in [4.78, 5) is 19.4. The molecule has 102 valence electrons. The van der Waals surface area contributed by atoms with Crippen LogP contribution in [0.25, 0.3) is 0 Å². The lowest BCUT2D eigenvalue weighted by molar-refractivity contribution is -0.384. The Labute approximate surface area is 119 Å². The molecule has 0 aromatic carbocycles. The third-order valence-electron chi connectivity index (χ3n) is 3.83. The van der Waals surface area contributed by atoms with Crippen LogP contribution in [0.2, 0.25) is 0 Å². The van der Waals surface area contributed by atoms with Crippen LogP contribution in [0.5, 0.6) is 0 Å². The molecule has 2 aliphatic heterocycles. The maximum atomic E-state index is 11.1. The minimum atomic E-state index is -0.365. The number of nitrogens with zero attached hydrogens (tertiary/aromatic N) is 4. The fourth-order valence-electron chi connectivity index (χ4n) is 2.77. The van der Waals surface area contributed by atoms with Crippen molar-refractivity contribution >= 4 is 27.4 Å². The summed E-state index contributed by atoms with van der Waals surface area (Å²) in [6, 6.07) is 2.05. The van der Waals surface area contributed by atoms with Crippen molar-refractivity contribution in [2.45, 2.75) is 18.9 Å². The number of nitro groups is 1. The number of hydrogen-bond donors (Lipinski definition) is 0. The SMILES string of the molecule is O=[N+]([O-])c1cc(Br)cnc1N1CC(N2CCCC2)C1. The summed E-state index contributed by atoms with van der Waals surface area (Å²) in [6.07, 6.45) is 4.16. The Bertz CT molecular complexity index is 499. The molecule has 1 aromatic heterocycles. The predicted molar refractivity (Wildman–Crippen MR) is 75.4 cm³/mol. The Morgan fingerprint density at radius 2 is 2.05 bits per heavy atom. The maximum Gasteiger partial charge on any atom is 0.312 e. The van der Waals surface area contributed by atoms with Crippen molar-refractivity contribution in [3.8, 4) is 0 Å². The molecule has 0 spiro atoms. The van der Waals surface area contributed by atoms with Crippen molar-refractivity contribution in [2.24, 2.45) is 0 Å². The summed E-state index contributed by atoms with van der Waals surface area (Å²) in [5.41, 5.74) is 0.0780. The van der Waals surface area contributed by atoms with Crippen LogP contribution in [-0.4, -0.2) is 47.0 Å². The van der Waals surface area contributed by atoms with Crippen molar-refractivity contribution in [3.05, 3.63) is 26.9 Å². The lowest BCUT2D eigenvalue weighted by Crippen LogP contribution is -2.59. The Balaban J connectivity index is 1.72. The minimum Gasteiger partial charge on any atom is -0.348 e. The summed E-state index contributed by atoms with van der Waals surface area (Å²) >= 11 is 3.23. The molecule has 2 saturated heterocycles. The zero-order valence-electron chi connectivity index (χ0n) is 10.5. The average molecular weight is 327 g/mol. The molecular weight excluding hydrogens is 312 g/mol. The Kier molecular flexibility index (Phi) is 3.40. The van der Waals surface area contributed by atoms with Gasteiger partial charge in [0.2, 0.25) is 5.82 Å². The first-order chi connectivity index (χ1) is 9.15. The van der Waals surface area contributed by atoms with Gasteiger partial charge in [0, 0.05) is 35.9 Å². The zero-order chi connectivity index (χ0) is 13.4. The van der Waals surface area contributed by atoms with E-state index < -0.39 is 0 Å². The van der Waals surface area contributed by atoms with Crippen LogP contribution in [0, 0.1) is 10.1 Å². The molecular formula is C12H15BrN4O2. The van der Waals surface area contributed by atoms with Crippen LogP contribution in [-0.2, 0) is 0 Å². The smallest absolute Gasteiger partial charge is 0.312 e. The third kappa shape index (κ3) is 2.44. The van der Waals surface area contributed by atoms with Crippen molar-refractivity contribution in [2.75, 3.05) is 31.1 Å². The van der Waals surface area contributed by atoms with Gasteiger partial charge in [0.1, 0.15) is 0 Å². The Hall–Kier alpha value is -1.21. The van der Waals surface area contributed by atoms with E-state index >= 15 is 0 Å². The molecule has 6 nitrogen and oxygen atoms in total. The number of rotatable bonds is 3. The van der Waals surface area contributed by atoms with Gasteiger partial charge in [-0.05, 0) is 41.9 Å². The van der Waals surface area contributed by atoms with Gasteiger partial charge in [0.25, 0.3) is 0 Å². The quantitative estimate of drug-likeness (QED) is 0.628. The largest absolute Gasteiger partial charge is 0.348 e. The molecule has 0 N–H and O–H groups in total. The molecule has 0 unspecified atom stereocenters. The molecule has 0 bridgehead atoms. The van der Waals surface area contributed by atoms with Gasteiger partial charge in [-0.2, -0.15) is 0 Å². The molecule has 0 atom stereocenters. The van der Waals surface area contributed by atoms with Crippen molar-refractivity contribution < 1.29 is 4.92 Å². The standard InChI is InChI=1S/C12H15BrN4O2/c13-9-5-11(17(18)19)12(14-6-9)16-7-10(8-16)15-3-1-2-4-15/h5-6,10H,1-4,7-8H2. The second-order valence-electron chi connectivity index (χ2n) is 5.06. The highest BCUT2D eigenvalue weighted by molar-refractivity contribution is 9.10. The molecule has 0 amide bonds. The van der Waals surface area contributed by atoms with Crippen LogP contribution in [0.4, 0.5) is 11.5 Å². The van der Waals surface area contributed by atoms with Gasteiger partial charge in [-0.25, -0.2) is 4.98 Å². The van der Waals surface area contributed by atoms with Crippen LogP contribution >= 0.6 is 15.9 Å². The lowest BCUT2D eigenvalue weighted by atomic mass is 10.1. The molecule has 2 fully saturated rings. The van der Waals surface area contributed by atoms with E-state index in [-0.39, 0.29) is 10.6 Å². The summed E-state index contributed by atoms with van der Waals surface area (Å²) in [6.45, 7) is 4.01. The van der Waals surface area contributed by atoms with Crippen molar-refractivity contribution in [3.63, 3.8) is 0 Å². The van der Waals surface area contributed by atoms with E-state index in [1.807, 2.05) is 4.90 Å². The monoisotopic (exact) mass is 326 g/mol. The van der Waals surface area contributed by atoms with Crippen LogP contribution in [0.1, 0.15) is 12.8 Å². The fourth-order valence-corrected chi connectivity index (χ4v) is 3.08. The predicted octanol–water partition coefficient (Wildman–Crippen LogP) is 2.04. The van der Waals surface area contributed by atoms with Crippen molar-refractivity contribution in [1.29, 1.82) is 0 Å². The van der Waals surface area contributed by atoms with E-state index in [4.69, 9.17) is 0 Å². The maximum absolute atomic E-state index is 11.1. The number of pyridine rings is 1. The molecule has 7 heteroatoms. The van der Waals surface area contributed by atoms with Crippen LogP contribution in [0.3, 0.4) is 0 Å². The highest BCUT2D eigenvalue weighted by atomic mass is 79.9. The first-order valence-corrected chi connectivity index (χ1v) is 7.23. The zero-order valence-corrected chi connectivity index (χ0v) is 12.0. The van der Waals surface area contributed by atoms with Gasteiger partial charge in [-0.15, -0.1) is 0 Å². The minimum absolute atomic E-state index is 0.0780. The van der Waals surface area contributed by atoms with E-state index in [1.165, 1.54) is 18.9 Å². The molecule has 2 aliphatic rings. The number of hydrogen-bond acceptors (Lipinski definition) is 5. The topological polar surface area (TPSA) is 62.5 Å². The van der Waals surface area contributed by atoms with Gasteiger partial charge in [0.05, 0.1) is 4.92 Å². The molecule has 0 saturated carbocycles. The van der Waals surface area contributed by atoms with E-state index in [0.717, 1.165) is 26.2 Å². The molecule has 0 aliphatic carbocycles. The van der Waals surface area contributed by atoms with Crippen LogP contribution < -0.4 is 4.90 Å². The highest BCUT2D eigenvalue weighted by Crippen LogP contribution is 2.32. The summed E-state index contributed by atoms with van der Waals surface area (Å²) in [5, 5.41) is 11.1. The second-order valence-corrected chi connectivity index (χ2v) is 5.97. The fraction of sp³-hybridized carbons (Fsp3) is 0.583. The normalized spacial score (nSPS) is 20.6. The first-order valence-electron chi connectivity index (χ1n) is 6.44. The Morgan fingerprint density at radius 3 is 2.68 bits per heavy atom. The number of aromatic nitrogens is 1. The van der Waals surface area contributed by atoms with Gasteiger partial charge in [0.15, 0.2) is 0 Å². The van der Waals surface area contributed by atoms with Gasteiger partial charge >= 0.3 is 5.69 Å². The number of halogens is 1. The summed E-state index contributed by atoms with van der Waals surface area (Å²) < 4.78 is 0.638. The molecule has 19 heavy (non-hydrogen) atoms. The molecule has 3 heterocycles. The first kappa shape index (κ1) is 12.8. The third-order valence-corrected chi connectivity index (χ3v) is 4.26. The Morgan fingerprint density at radius 1 is 1.37 bits per heavy atom. The van der Waals surface area contributed by atoms with Gasteiger partial charge < -0.3 is 4.90 Å². The van der Waals surface area contributed by atoms with Gasteiger partial charge in [-0.3, -0.25) is 15.0 Å². The molecule has 3 rings (SSSR count). The van der Waals surface area contributed by atoms with E-state index in [0.29, 0.717) is 16.3 Å².